The van der Waals surface area contributed by atoms with Gasteiger partial charge in [0, 0.05) is 19.0 Å². The lowest BCUT2D eigenvalue weighted by Crippen LogP contribution is -2.47. The molecule has 0 radical (unpaired) electrons. The summed E-state index contributed by atoms with van der Waals surface area (Å²) in [6, 6.07) is 3.80. The lowest BCUT2D eigenvalue weighted by Gasteiger charge is -2.35. The normalized spacial score (nSPS) is 21.3. The Hall–Kier alpha value is -1.33. The molecule has 1 aliphatic rings. The van der Waals surface area contributed by atoms with Crippen molar-refractivity contribution in [2.24, 2.45) is 5.92 Å². The molecule has 1 N–H and O–H groups in total. The van der Waals surface area contributed by atoms with Crippen molar-refractivity contribution in [2.75, 3.05) is 13.1 Å². The van der Waals surface area contributed by atoms with Crippen molar-refractivity contribution >= 4 is 17.5 Å². The van der Waals surface area contributed by atoms with Gasteiger partial charge in [0.1, 0.15) is 11.6 Å². The Balaban J connectivity index is 1.99. The Labute approximate surface area is 134 Å². The first-order valence-corrected chi connectivity index (χ1v) is 7.85. The number of halogens is 2. The molecule has 1 heterocycles. The third-order valence-corrected chi connectivity index (χ3v) is 4.29. The molecule has 2 rings (SSSR count). The SMILES string of the molecule is CC(Oc1ccc(F)cc1Cl)C(=O)N1CCCC(C(C)O)C1. The van der Waals surface area contributed by atoms with Gasteiger partial charge in [-0.15, -0.1) is 0 Å². The average Bonchev–Trinajstić information content (AvgIpc) is 2.49. The number of aliphatic hydroxyl groups excluding tert-OH is 1. The fraction of sp³-hybridized carbons (Fsp3) is 0.562. The average molecular weight is 330 g/mol. The van der Waals surface area contributed by atoms with Gasteiger partial charge in [0.15, 0.2) is 6.10 Å². The van der Waals surface area contributed by atoms with Crippen molar-refractivity contribution in [1.82, 2.24) is 4.90 Å². The molecule has 122 valence electrons. The Morgan fingerprint density at radius 2 is 2.23 bits per heavy atom. The van der Waals surface area contributed by atoms with Gasteiger partial charge in [-0.25, -0.2) is 4.39 Å². The van der Waals surface area contributed by atoms with Crippen molar-refractivity contribution in [1.29, 1.82) is 0 Å². The maximum Gasteiger partial charge on any atom is 0.263 e. The van der Waals surface area contributed by atoms with Gasteiger partial charge < -0.3 is 14.7 Å². The Bertz CT molecular complexity index is 538. The van der Waals surface area contributed by atoms with E-state index in [0.29, 0.717) is 13.1 Å². The minimum Gasteiger partial charge on any atom is -0.479 e. The van der Waals surface area contributed by atoms with E-state index >= 15 is 0 Å². The molecule has 1 aromatic rings. The number of piperidine rings is 1. The van der Waals surface area contributed by atoms with Crippen molar-refractivity contribution in [3.8, 4) is 5.75 Å². The molecule has 1 aliphatic heterocycles. The van der Waals surface area contributed by atoms with Gasteiger partial charge in [-0.3, -0.25) is 4.79 Å². The number of aliphatic hydroxyl groups is 1. The highest BCUT2D eigenvalue weighted by molar-refractivity contribution is 6.32. The summed E-state index contributed by atoms with van der Waals surface area (Å²) in [6.07, 6.45) is 0.639. The smallest absolute Gasteiger partial charge is 0.263 e. The predicted octanol–water partition coefficient (Wildman–Crippen LogP) is 2.87. The maximum absolute atomic E-state index is 13.0. The maximum atomic E-state index is 13.0. The van der Waals surface area contributed by atoms with E-state index in [1.807, 2.05) is 0 Å². The molecule has 1 amide bonds. The van der Waals surface area contributed by atoms with Crippen molar-refractivity contribution in [3.05, 3.63) is 29.0 Å². The molecule has 0 saturated carbocycles. The molecule has 1 aromatic carbocycles. The van der Waals surface area contributed by atoms with E-state index in [-0.39, 0.29) is 22.6 Å². The number of carbonyl (C=O) groups excluding carboxylic acids is 1. The number of hydrogen-bond acceptors (Lipinski definition) is 3. The molecular weight excluding hydrogens is 309 g/mol. The van der Waals surface area contributed by atoms with Crippen LogP contribution in [-0.4, -0.2) is 41.2 Å². The van der Waals surface area contributed by atoms with Crippen molar-refractivity contribution < 1.29 is 19.0 Å². The Morgan fingerprint density at radius 3 is 2.86 bits per heavy atom. The zero-order chi connectivity index (χ0) is 16.3. The largest absolute Gasteiger partial charge is 0.479 e. The first-order valence-electron chi connectivity index (χ1n) is 7.47. The third-order valence-electron chi connectivity index (χ3n) is 4.00. The molecule has 0 aromatic heterocycles. The summed E-state index contributed by atoms with van der Waals surface area (Å²) in [7, 11) is 0. The minimum absolute atomic E-state index is 0.0966. The van der Waals surface area contributed by atoms with Crippen LogP contribution in [0.5, 0.6) is 5.75 Å². The van der Waals surface area contributed by atoms with Crippen molar-refractivity contribution in [2.45, 2.75) is 38.9 Å². The predicted molar refractivity (Wildman–Crippen MR) is 82.5 cm³/mol. The van der Waals surface area contributed by atoms with Crippen molar-refractivity contribution in [3.63, 3.8) is 0 Å². The molecule has 0 aliphatic carbocycles. The molecule has 1 saturated heterocycles. The highest BCUT2D eigenvalue weighted by Gasteiger charge is 2.29. The van der Waals surface area contributed by atoms with Crippen LogP contribution in [-0.2, 0) is 4.79 Å². The Kier molecular flexibility index (Phi) is 5.64. The quantitative estimate of drug-likeness (QED) is 0.924. The van der Waals surface area contributed by atoms with Crippen LogP contribution in [0.2, 0.25) is 5.02 Å². The second-order valence-corrected chi connectivity index (χ2v) is 6.17. The monoisotopic (exact) mass is 329 g/mol. The number of carbonyl (C=O) groups is 1. The minimum atomic E-state index is -0.712. The first-order chi connectivity index (χ1) is 10.4. The van der Waals surface area contributed by atoms with Crippen LogP contribution < -0.4 is 4.74 Å². The molecule has 22 heavy (non-hydrogen) atoms. The second kappa shape index (κ2) is 7.29. The molecule has 3 atom stereocenters. The number of benzene rings is 1. The summed E-state index contributed by atoms with van der Waals surface area (Å²) in [5.74, 6) is -0.217. The standard InChI is InChI=1S/C16H21ClFNO3/c1-10(20)12-4-3-7-19(9-12)16(21)11(2)22-15-6-5-13(18)8-14(15)17/h5-6,8,10-12,20H,3-4,7,9H2,1-2H3. The number of hydrogen-bond donors (Lipinski definition) is 1. The Morgan fingerprint density at radius 1 is 1.50 bits per heavy atom. The van der Waals surface area contributed by atoms with Gasteiger partial charge in [-0.05, 0) is 44.9 Å². The van der Waals surface area contributed by atoms with Crippen LogP contribution in [0, 0.1) is 11.7 Å². The molecule has 0 bridgehead atoms. The van der Waals surface area contributed by atoms with E-state index in [0.717, 1.165) is 18.9 Å². The van der Waals surface area contributed by atoms with E-state index in [1.54, 1.807) is 18.7 Å². The number of rotatable bonds is 4. The summed E-state index contributed by atoms with van der Waals surface area (Å²) in [6.45, 7) is 4.58. The highest BCUT2D eigenvalue weighted by Crippen LogP contribution is 2.27. The van der Waals surface area contributed by atoms with Gasteiger partial charge in [0.25, 0.3) is 5.91 Å². The topological polar surface area (TPSA) is 49.8 Å². The number of likely N-dealkylation sites (tertiary alicyclic amines) is 1. The van der Waals surface area contributed by atoms with Crippen LogP contribution in [0.1, 0.15) is 26.7 Å². The number of amides is 1. The summed E-state index contributed by atoms with van der Waals surface area (Å²) in [5.41, 5.74) is 0. The van der Waals surface area contributed by atoms with Gasteiger partial charge in [0.05, 0.1) is 11.1 Å². The highest BCUT2D eigenvalue weighted by atomic mass is 35.5. The van der Waals surface area contributed by atoms with Crippen LogP contribution in [0.15, 0.2) is 18.2 Å². The zero-order valence-electron chi connectivity index (χ0n) is 12.8. The van der Waals surface area contributed by atoms with Crippen LogP contribution in [0.25, 0.3) is 0 Å². The van der Waals surface area contributed by atoms with E-state index in [1.165, 1.54) is 12.1 Å². The van der Waals surface area contributed by atoms with Gasteiger partial charge in [-0.2, -0.15) is 0 Å². The van der Waals surface area contributed by atoms with E-state index in [9.17, 15) is 14.3 Å². The number of nitrogens with zero attached hydrogens (tertiary/aromatic N) is 1. The zero-order valence-corrected chi connectivity index (χ0v) is 13.5. The van der Waals surface area contributed by atoms with Crippen LogP contribution in [0.4, 0.5) is 4.39 Å². The number of ether oxygens (including phenoxy) is 1. The van der Waals surface area contributed by atoms with E-state index in [2.05, 4.69) is 0 Å². The lowest BCUT2D eigenvalue weighted by molar-refractivity contribution is -0.140. The van der Waals surface area contributed by atoms with Gasteiger partial charge in [-0.1, -0.05) is 11.6 Å². The van der Waals surface area contributed by atoms with Gasteiger partial charge >= 0.3 is 0 Å². The molecule has 4 nitrogen and oxygen atoms in total. The van der Waals surface area contributed by atoms with Gasteiger partial charge in [0.2, 0.25) is 0 Å². The van der Waals surface area contributed by atoms with Crippen LogP contribution in [0.3, 0.4) is 0 Å². The summed E-state index contributed by atoms with van der Waals surface area (Å²) >= 11 is 5.91. The lowest BCUT2D eigenvalue weighted by atomic mass is 9.93. The second-order valence-electron chi connectivity index (χ2n) is 5.76. The summed E-state index contributed by atoms with van der Waals surface area (Å²) in [4.78, 5) is 14.2. The van der Waals surface area contributed by atoms with E-state index in [4.69, 9.17) is 16.3 Å². The molecule has 6 heteroatoms. The van der Waals surface area contributed by atoms with Crippen LogP contribution >= 0.6 is 11.6 Å². The fourth-order valence-electron chi connectivity index (χ4n) is 2.67. The summed E-state index contributed by atoms with van der Waals surface area (Å²) < 4.78 is 18.6. The molecular formula is C16H21ClFNO3. The fourth-order valence-corrected chi connectivity index (χ4v) is 2.88. The third kappa shape index (κ3) is 4.11. The molecule has 0 spiro atoms. The first kappa shape index (κ1) is 17.0. The van der Waals surface area contributed by atoms with E-state index < -0.39 is 18.0 Å². The molecule has 1 fully saturated rings. The molecule has 3 unspecified atom stereocenters. The summed E-state index contributed by atoms with van der Waals surface area (Å²) in [5, 5.41) is 9.83.